The molecule has 3 rings (SSSR count). The van der Waals surface area contributed by atoms with Gasteiger partial charge in [0.1, 0.15) is 0 Å². The minimum absolute atomic E-state index is 0.0492. The molecule has 0 atom stereocenters. The molecule has 0 aromatic heterocycles. The fraction of sp³-hybridized carbons (Fsp3) is 0.238. The Labute approximate surface area is 182 Å². The van der Waals surface area contributed by atoms with Crippen LogP contribution in [-0.4, -0.2) is 24.6 Å². The van der Waals surface area contributed by atoms with Crippen LogP contribution in [0.5, 0.6) is 11.5 Å². The summed E-state index contributed by atoms with van der Waals surface area (Å²) in [4.78, 5) is 16.6. The molecule has 0 saturated carbocycles. The Balaban J connectivity index is 1.95. The lowest BCUT2D eigenvalue weighted by atomic mass is 10.1. The maximum Gasteiger partial charge on any atom is 0.363 e. The van der Waals surface area contributed by atoms with Gasteiger partial charge in [-0.3, -0.25) is 0 Å². The molecule has 0 saturated heterocycles. The highest BCUT2D eigenvalue weighted by atomic mass is 127. The first-order chi connectivity index (χ1) is 13.4. The van der Waals surface area contributed by atoms with Gasteiger partial charge in [-0.2, -0.15) is 0 Å². The summed E-state index contributed by atoms with van der Waals surface area (Å²) >= 11 is 8.60. The summed E-state index contributed by atoms with van der Waals surface area (Å²) < 4.78 is 17.8. The lowest BCUT2D eigenvalue weighted by Gasteiger charge is -2.16. The molecule has 5 nitrogen and oxygen atoms in total. The van der Waals surface area contributed by atoms with Crippen LogP contribution in [0, 0.1) is 3.57 Å². The third-order valence-corrected chi connectivity index (χ3v) is 4.70. The molecule has 1 aliphatic heterocycles. The largest absolute Gasteiger partial charge is 0.490 e. The quantitative estimate of drug-likeness (QED) is 0.293. The Hall–Kier alpha value is -2.06. The number of benzene rings is 2. The van der Waals surface area contributed by atoms with Crippen LogP contribution in [0.15, 0.2) is 47.1 Å². The summed E-state index contributed by atoms with van der Waals surface area (Å²) in [6.45, 7) is 6.17. The summed E-state index contributed by atoms with van der Waals surface area (Å²) in [6.07, 6.45) is 1.57. The second-order valence-electron chi connectivity index (χ2n) is 6.27. The first kappa shape index (κ1) is 20.7. The molecule has 0 radical (unpaired) electrons. The first-order valence-corrected chi connectivity index (χ1v) is 10.2. The molecule has 1 aliphatic rings. The number of carbonyl (C=O) groups excluding carboxylic acids is 1. The predicted octanol–water partition coefficient (Wildman–Crippen LogP) is 5.48. The first-order valence-electron chi connectivity index (χ1n) is 8.79. The molecule has 0 aliphatic carbocycles. The molecule has 7 heteroatoms. The van der Waals surface area contributed by atoms with Gasteiger partial charge in [0.25, 0.3) is 0 Å². The van der Waals surface area contributed by atoms with E-state index in [4.69, 9.17) is 25.8 Å². The van der Waals surface area contributed by atoms with Crippen molar-refractivity contribution in [1.82, 2.24) is 0 Å². The Bertz CT molecular complexity index is 952. The van der Waals surface area contributed by atoms with Crippen LogP contribution in [0.4, 0.5) is 0 Å². The Morgan fingerprint density at radius 2 is 1.96 bits per heavy atom. The van der Waals surface area contributed by atoms with E-state index in [1.54, 1.807) is 18.2 Å². The maximum atomic E-state index is 12.2. The van der Waals surface area contributed by atoms with Crippen molar-refractivity contribution in [2.45, 2.75) is 26.9 Å². The molecule has 0 amide bonds. The zero-order valence-electron chi connectivity index (χ0n) is 15.7. The molecule has 0 spiro atoms. The number of carbonyl (C=O) groups is 1. The SMILES string of the molecule is CCOc1cc(/C=C2\N=C(c3ccc(I)cc3)OC2=O)cc(Cl)c1OC(C)C. The number of ether oxygens (including phenoxy) is 3. The summed E-state index contributed by atoms with van der Waals surface area (Å²) in [7, 11) is 0. The number of cyclic esters (lactones) is 1. The fourth-order valence-electron chi connectivity index (χ4n) is 2.57. The van der Waals surface area contributed by atoms with Crippen molar-refractivity contribution in [3.05, 3.63) is 61.8 Å². The van der Waals surface area contributed by atoms with Crippen LogP contribution >= 0.6 is 34.2 Å². The number of aliphatic imine (C=N–C) groups is 1. The zero-order chi connectivity index (χ0) is 20.3. The van der Waals surface area contributed by atoms with Crippen LogP contribution in [0.25, 0.3) is 6.08 Å². The standard InChI is InChI=1S/C21H19ClINO4/c1-4-26-18-11-13(9-16(22)19(18)27-12(2)3)10-17-21(25)28-20(24-17)14-5-7-15(23)8-6-14/h5-12H,4H2,1-3H3/b17-10-. The molecule has 0 bridgehead atoms. The molecule has 2 aromatic carbocycles. The van der Waals surface area contributed by atoms with Crippen LogP contribution in [0.3, 0.4) is 0 Å². The average Bonchev–Trinajstić information content (AvgIpc) is 2.99. The summed E-state index contributed by atoms with van der Waals surface area (Å²) in [5.41, 5.74) is 1.61. The van der Waals surface area contributed by atoms with Crippen molar-refractivity contribution in [3.63, 3.8) is 0 Å². The average molecular weight is 512 g/mol. The van der Waals surface area contributed by atoms with Crippen molar-refractivity contribution in [2.75, 3.05) is 6.61 Å². The highest BCUT2D eigenvalue weighted by Gasteiger charge is 2.24. The summed E-state index contributed by atoms with van der Waals surface area (Å²) in [6, 6.07) is 11.1. The van der Waals surface area contributed by atoms with Gasteiger partial charge < -0.3 is 14.2 Å². The van der Waals surface area contributed by atoms with Crippen LogP contribution in [-0.2, 0) is 9.53 Å². The van der Waals surface area contributed by atoms with Gasteiger partial charge in [0.05, 0.1) is 17.7 Å². The highest BCUT2D eigenvalue weighted by molar-refractivity contribution is 14.1. The third-order valence-electron chi connectivity index (χ3n) is 3.70. The highest BCUT2D eigenvalue weighted by Crippen LogP contribution is 2.38. The number of rotatable bonds is 6. The molecule has 28 heavy (non-hydrogen) atoms. The van der Waals surface area contributed by atoms with E-state index in [1.807, 2.05) is 45.0 Å². The van der Waals surface area contributed by atoms with Crippen molar-refractivity contribution < 1.29 is 19.0 Å². The topological polar surface area (TPSA) is 57.1 Å². The number of esters is 1. The van der Waals surface area contributed by atoms with Crippen LogP contribution in [0.1, 0.15) is 31.9 Å². The van der Waals surface area contributed by atoms with Gasteiger partial charge in [0, 0.05) is 9.13 Å². The zero-order valence-corrected chi connectivity index (χ0v) is 18.6. The van der Waals surface area contributed by atoms with E-state index in [0.717, 1.165) is 9.13 Å². The summed E-state index contributed by atoms with van der Waals surface area (Å²) in [5.74, 6) is 0.773. The Kier molecular flexibility index (Phi) is 6.61. The van der Waals surface area contributed by atoms with Crippen molar-refractivity contribution in [1.29, 1.82) is 0 Å². The molecular weight excluding hydrogens is 493 g/mol. The van der Waals surface area contributed by atoms with E-state index >= 15 is 0 Å². The van der Waals surface area contributed by atoms with Gasteiger partial charge in [0.2, 0.25) is 5.90 Å². The van der Waals surface area contributed by atoms with E-state index in [9.17, 15) is 4.79 Å². The predicted molar refractivity (Wildman–Crippen MR) is 118 cm³/mol. The third kappa shape index (κ3) is 4.86. The van der Waals surface area contributed by atoms with Crippen LogP contribution < -0.4 is 9.47 Å². The number of hydrogen-bond donors (Lipinski definition) is 0. The molecule has 0 fully saturated rings. The molecule has 146 valence electrons. The van der Waals surface area contributed by atoms with Gasteiger partial charge in [-0.05, 0) is 91.4 Å². The smallest absolute Gasteiger partial charge is 0.363 e. The number of nitrogens with zero attached hydrogens (tertiary/aromatic N) is 1. The monoisotopic (exact) mass is 511 g/mol. The van der Waals surface area contributed by atoms with Gasteiger partial charge in [-0.15, -0.1) is 0 Å². The van der Waals surface area contributed by atoms with E-state index in [2.05, 4.69) is 27.6 Å². The lowest BCUT2D eigenvalue weighted by molar-refractivity contribution is -0.129. The van der Waals surface area contributed by atoms with Gasteiger partial charge in [-0.1, -0.05) is 11.6 Å². The lowest BCUT2D eigenvalue weighted by Crippen LogP contribution is -2.08. The number of hydrogen-bond acceptors (Lipinski definition) is 5. The van der Waals surface area contributed by atoms with Crippen LogP contribution in [0.2, 0.25) is 5.02 Å². The second kappa shape index (κ2) is 8.96. The summed E-state index contributed by atoms with van der Waals surface area (Å²) in [5, 5.41) is 0.403. The van der Waals surface area contributed by atoms with E-state index in [0.29, 0.717) is 28.7 Å². The molecule has 2 aromatic rings. The van der Waals surface area contributed by atoms with E-state index < -0.39 is 5.97 Å². The van der Waals surface area contributed by atoms with E-state index in [-0.39, 0.29) is 17.7 Å². The number of halogens is 2. The fourth-order valence-corrected chi connectivity index (χ4v) is 3.19. The van der Waals surface area contributed by atoms with Gasteiger partial charge in [0.15, 0.2) is 17.2 Å². The molecule has 0 unspecified atom stereocenters. The van der Waals surface area contributed by atoms with Crippen molar-refractivity contribution in [3.8, 4) is 11.5 Å². The molecule has 0 N–H and O–H groups in total. The van der Waals surface area contributed by atoms with E-state index in [1.165, 1.54) is 0 Å². The second-order valence-corrected chi connectivity index (χ2v) is 7.93. The minimum Gasteiger partial charge on any atom is -0.490 e. The van der Waals surface area contributed by atoms with Crippen molar-refractivity contribution >= 4 is 52.1 Å². The Morgan fingerprint density at radius 3 is 2.61 bits per heavy atom. The molecular formula is C21H19ClINO4. The van der Waals surface area contributed by atoms with Gasteiger partial charge in [-0.25, -0.2) is 9.79 Å². The van der Waals surface area contributed by atoms with Gasteiger partial charge >= 0.3 is 5.97 Å². The molecule has 1 heterocycles. The normalized spacial score (nSPS) is 15.0. The Morgan fingerprint density at radius 1 is 1.25 bits per heavy atom. The minimum atomic E-state index is -0.509. The maximum absolute atomic E-state index is 12.2. The van der Waals surface area contributed by atoms with Crippen molar-refractivity contribution in [2.24, 2.45) is 4.99 Å².